The molecule has 2 amide bonds. The van der Waals surface area contributed by atoms with Gasteiger partial charge in [-0.2, -0.15) is 0 Å². The first-order valence-corrected chi connectivity index (χ1v) is 7.38. The normalized spacial score (nSPS) is 10.0. The highest BCUT2D eigenvalue weighted by atomic mass is 35.5. The van der Waals surface area contributed by atoms with Crippen molar-refractivity contribution in [1.82, 2.24) is 0 Å². The predicted molar refractivity (Wildman–Crippen MR) is 91.1 cm³/mol. The number of benzene rings is 2. The molecule has 0 aliphatic rings. The van der Waals surface area contributed by atoms with Gasteiger partial charge in [0.2, 0.25) is 5.91 Å². The van der Waals surface area contributed by atoms with Crippen LogP contribution in [0.5, 0.6) is 5.75 Å². The molecule has 2 rings (SSSR count). The summed E-state index contributed by atoms with van der Waals surface area (Å²) in [5.74, 6) is 0.0272. The molecule has 0 saturated carbocycles. The van der Waals surface area contributed by atoms with Crippen LogP contribution in [0.4, 0.5) is 11.4 Å². The molecule has 0 heterocycles. The molecule has 0 aliphatic heterocycles. The van der Waals surface area contributed by atoms with Crippen LogP contribution in [-0.2, 0) is 9.59 Å². The van der Waals surface area contributed by atoms with E-state index in [4.69, 9.17) is 16.3 Å². The van der Waals surface area contributed by atoms with Crippen molar-refractivity contribution in [1.29, 1.82) is 0 Å². The Labute approximate surface area is 139 Å². The monoisotopic (exact) mass is 332 g/mol. The second kappa shape index (κ2) is 7.65. The number of carbonyl (C=O) groups excluding carboxylic acids is 2. The number of aryl methyl sites for hydroxylation is 1. The van der Waals surface area contributed by atoms with Gasteiger partial charge in [-0.1, -0.05) is 23.7 Å². The molecule has 0 saturated heterocycles. The Bertz CT molecular complexity index is 732. The maximum atomic E-state index is 11.9. The highest BCUT2D eigenvalue weighted by Gasteiger charge is 2.06. The van der Waals surface area contributed by atoms with Crippen molar-refractivity contribution in [2.24, 2.45) is 0 Å². The van der Waals surface area contributed by atoms with E-state index in [-0.39, 0.29) is 18.4 Å². The Morgan fingerprint density at radius 1 is 1.09 bits per heavy atom. The molecule has 0 bridgehead atoms. The van der Waals surface area contributed by atoms with Crippen molar-refractivity contribution in [3.63, 3.8) is 0 Å². The maximum Gasteiger partial charge on any atom is 0.262 e. The number of amides is 2. The SMILES string of the molecule is CC(=O)Nc1cccc(OCC(=O)Nc2ccc(C)c(Cl)c2)c1. The number of hydrogen-bond acceptors (Lipinski definition) is 3. The van der Waals surface area contributed by atoms with E-state index in [0.29, 0.717) is 22.1 Å². The van der Waals surface area contributed by atoms with E-state index in [2.05, 4.69) is 10.6 Å². The third-order valence-corrected chi connectivity index (χ3v) is 3.39. The molecule has 0 fully saturated rings. The minimum Gasteiger partial charge on any atom is -0.484 e. The minimum atomic E-state index is -0.296. The predicted octanol–water partition coefficient (Wildman–Crippen LogP) is 3.62. The zero-order valence-electron chi connectivity index (χ0n) is 12.9. The van der Waals surface area contributed by atoms with E-state index in [9.17, 15) is 9.59 Å². The van der Waals surface area contributed by atoms with Crippen LogP contribution >= 0.6 is 11.6 Å². The Hall–Kier alpha value is -2.53. The number of nitrogens with one attached hydrogen (secondary N) is 2. The first kappa shape index (κ1) is 16.8. The van der Waals surface area contributed by atoms with Gasteiger partial charge in [0.15, 0.2) is 6.61 Å². The third-order valence-electron chi connectivity index (χ3n) is 2.98. The lowest BCUT2D eigenvalue weighted by atomic mass is 10.2. The summed E-state index contributed by atoms with van der Waals surface area (Å²) in [6.45, 7) is 3.17. The van der Waals surface area contributed by atoms with Crippen LogP contribution in [0.2, 0.25) is 5.02 Å². The van der Waals surface area contributed by atoms with Gasteiger partial charge < -0.3 is 15.4 Å². The first-order valence-electron chi connectivity index (χ1n) is 7.00. The Morgan fingerprint density at radius 2 is 1.83 bits per heavy atom. The average Bonchev–Trinajstić information content (AvgIpc) is 2.49. The lowest BCUT2D eigenvalue weighted by molar-refractivity contribution is -0.118. The molecular weight excluding hydrogens is 316 g/mol. The van der Waals surface area contributed by atoms with Crippen LogP contribution in [0.3, 0.4) is 0 Å². The molecule has 120 valence electrons. The van der Waals surface area contributed by atoms with Crippen LogP contribution in [0.1, 0.15) is 12.5 Å². The summed E-state index contributed by atoms with van der Waals surface area (Å²) in [5, 5.41) is 5.95. The van der Waals surface area contributed by atoms with Crippen molar-refractivity contribution in [2.75, 3.05) is 17.2 Å². The zero-order chi connectivity index (χ0) is 16.8. The summed E-state index contributed by atoms with van der Waals surface area (Å²) in [7, 11) is 0. The van der Waals surface area contributed by atoms with Gasteiger partial charge in [0.1, 0.15) is 5.75 Å². The smallest absolute Gasteiger partial charge is 0.262 e. The van der Waals surface area contributed by atoms with Gasteiger partial charge >= 0.3 is 0 Å². The van der Waals surface area contributed by atoms with Crippen molar-refractivity contribution in [2.45, 2.75) is 13.8 Å². The molecule has 0 radical (unpaired) electrons. The van der Waals surface area contributed by atoms with E-state index in [1.165, 1.54) is 6.92 Å². The molecule has 23 heavy (non-hydrogen) atoms. The highest BCUT2D eigenvalue weighted by molar-refractivity contribution is 6.31. The number of anilines is 2. The van der Waals surface area contributed by atoms with Gasteiger partial charge in [0.25, 0.3) is 5.91 Å². The van der Waals surface area contributed by atoms with Gasteiger partial charge in [0, 0.05) is 29.4 Å². The van der Waals surface area contributed by atoms with E-state index < -0.39 is 0 Å². The molecular formula is C17H17ClN2O3. The van der Waals surface area contributed by atoms with E-state index >= 15 is 0 Å². The molecule has 6 heteroatoms. The highest BCUT2D eigenvalue weighted by Crippen LogP contribution is 2.20. The Morgan fingerprint density at radius 3 is 2.52 bits per heavy atom. The molecule has 0 aliphatic carbocycles. The van der Waals surface area contributed by atoms with Crippen LogP contribution < -0.4 is 15.4 Å². The van der Waals surface area contributed by atoms with Crippen molar-refractivity contribution in [3.8, 4) is 5.75 Å². The summed E-state index contributed by atoms with van der Waals surface area (Å²) >= 11 is 6.01. The third kappa shape index (κ3) is 5.30. The lowest BCUT2D eigenvalue weighted by Crippen LogP contribution is -2.20. The number of rotatable bonds is 5. The van der Waals surface area contributed by atoms with Gasteiger partial charge in [-0.05, 0) is 36.8 Å². The van der Waals surface area contributed by atoms with Crippen molar-refractivity contribution in [3.05, 3.63) is 53.1 Å². The molecule has 2 aromatic carbocycles. The summed E-state index contributed by atoms with van der Waals surface area (Å²) in [6.07, 6.45) is 0. The van der Waals surface area contributed by atoms with Gasteiger partial charge in [-0.3, -0.25) is 9.59 Å². The fourth-order valence-corrected chi connectivity index (χ4v) is 2.06. The average molecular weight is 333 g/mol. The van der Waals surface area contributed by atoms with Gasteiger partial charge in [-0.25, -0.2) is 0 Å². The lowest BCUT2D eigenvalue weighted by Gasteiger charge is -2.09. The Kier molecular flexibility index (Phi) is 5.60. The fraction of sp³-hybridized carbons (Fsp3) is 0.176. The molecule has 2 N–H and O–H groups in total. The maximum absolute atomic E-state index is 11.9. The van der Waals surface area contributed by atoms with Crippen LogP contribution in [-0.4, -0.2) is 18.4 Å². The van der Waals surface area contributed by atoms with E-state index in [0.717, 1.165) is 5.56 Å². The molecule has 5 nitrogen and oxygen atoms in total. The number of halogens is 1. The largest absolute Gasteiger partial charge is 0.484 e. The Balaban J connectivity index is 1.91. The summed E-state index contributed by atoms with van der Waals surface area (Å²) in [6, 6.07) is 12.1. The van der Waals surface area contributed by atoms with E-state index in [1.807, 2.05) is 13.0 Å². The van der Waals surface area contributed by atoms with Crippen LogP contribution in [0, 0.1) is 6.92 Å². The second-order valence-electron chi connectivity index (χ2n) is 5.01. The van der Waals surface area contributed by atoms with Crippen molar-refractivity contribution >= 4 is 34.8 Å². The minimum absolute atomic E-state index is 0.144. The molecule has 0 spiro atoms. The van der Waals surface area contributed by atoms with Gasteiger partial charge in [0.05, 0.1) is 0 Å². The first-order chi connectivity index (χ1) is 10.9. The molecule has 2 aromatic rings. The topological polar surface area (TPSA) is 67.4 Å². The molecule has 0 aromatic heterocycles. The van der Waals surface area contributed by atoms with Crippen LogP contribution in [0.25, 0.3) is 0 Å². The quantitative estimate of drug-likeness (QED) is 0.878. The van der Waals surface area contributed by atoms with Crippen molar-refractivity contribution < 1.29 is 14.3 Å². The summed E-state index contributed by atoms with van der Waals surface area (Å²) in [4.78, 5) is 22.9. The van der Waals surface area contributed by atoms with Crippen LogP contribution in [0.15, 0.2) is 42.5 Å². The fourth-order valence-electron chi connectivity index (χ4n) is 1.88. The number of hydrogen-bond donors (Lipinski definition) is 2. The summed E-state index contributed by atoms with van der Waals surface area (Å²) in [5.41, 5.74) is 2.16. The molecule has 0 atom stereocenters. The van der Waals surface area contributed by atoms with E-state index in [1.54, 1.807) is 36.4 Å². The molecule has 0 unspecified atom stereocenters. The zero-order valence-corrected chi connectivity index (χ0v) is 13.6. The standard InChI is InChI=1S/C17H17ClN2O3/c1-11-6-7-14(9-16(11)18)20-17(22)10-23-15-5-3-4-13(8-15)19-12(2)21/h3-9H,10H2,1-2H3,(H,19,21)(H,20,22). The summed E-state index contributed by atoms with van der Waals surface area (Å²) < 4.78 is 5.42. The number of ether oxygens (including phenoxy) is 1. The second-order valence-corrected chi connectivity index (χ2v) is 5.42. The number of carbonyl (C=O) groups is 2. The van der Waals surface area contributed by atoms with Gasteiger partial charge in [-0.15, -0.1) is 0 Å².